The molecule has 0 saturated carbocycles. The fourth-order valence-corrected chi connectivity index (χ4v) is 3.64. The fourth-order valence-electron chi connectivity index (χ4n) is 2.81. The molecule has 1 unspecified atom stereocenters. The summed E-state index contributed by atoms with van der Waals surface area (Å²) in [4.78, 5) is 13.0. The molecule has 34 heavy (non-hydrogen) atoms. The Labute approximate surface area is 194 Å². The quantitative estimate of drug-likeness (QED) is 0.326. The van der Waals surface area contributed by atoms with Gasteiger partial charge in [0.2, 0.25) is 5.82 Å². The van der Waals surface area contributed by atoms with Crippen molar-refractivity contribution in [1.82, 2.24) is 10.2 Å². The number of carbonyl (C=O) groups is 1. The fraction of sp³-hybridized carbons (Fsp3) is 0.150. The average Bonchev–Trinajstić information content (AvgIpc) is 2.73. The Bertz CT molecular complexity index is 1400. The van der Waals surface area contributed by atoms with E-state index in [9.17, 15) is 31.0 Å². The van der Waals surface area contributed by atoms with E-state index in [0.29, 0.717) is 0 Å². The maximum atomic E-state index is 14.2. The number of anilines is 1. The largest absolute Gasteiger partial charge is 0.435 e. The van der Waals surface area contributed by atoms with Crippen LogP contribution in [0.5, 0.6) is 11.6 Å². The number of hydrogen-bond donors (Lipinski definition) is 2. The van der Waals surface area contributed by atoms with Gasteiger partial charge in [0.05, 0.1) is 14.8 Å². The lowest BCUT2D eigenvalue weighted by Crippen LogP contribution is -2.21. The van der Waals surface area contributed by atoms with Gasteiger partial charge in [0.25, 0.3) is 11.8 Å². The highest BCUT2D eigenvalue weighted by Gasteiger charge is 2.38. The summed E-state index contributed by atoms with van der Waals surface area (Å²) >= 11 is 5.48. The highest BCUT2D eigenvalue weighted by molar-refractivity contribution is 7.91. The molecule has 0 aliphatic rings. The summed E-state index contributed by atoms with van der Waals surface area (Å²) < 4.78 is 92.8. The number of aromatic nitrogens is 2. The van der Waals surface area contributed by atoms with Gasteiger partial charge in [0.1, 0.15) is 5.56 Å². The van der Waals surface area contributed by atoms with Gasteiger partial charge in [-0.3, -0.25) is 4.79 Å². The third-order valence-corrected chi connectivity index (χ3v) is 5.87. The van der Waals surface area contributed by atoms with Gasteiger partial charge in [0, 0.05) is 16.8 Å². The second-order valence-electron chi connectivity index (χ2n) is 6.95. The monoisotopic (exact) mass is 520 g/mol. The van der Waals surface area contributed by atoms with Crippen LogP contribution in [0.4, 0.5) is 27.6 Å². The molecule has 1 atom stereocenters. The van der Waals surface area contributed by atoms with Crippen molar-refractivity contribution in [2.75, 3.05) is 11.6 Å². The van der Waals surface area contributed by atoms with Gasteiger partial charge in [-0.25, -0.2) is 13.4 Å². The van der Waals surface area contributed by atoms with Crippen molar-refractivity contribution >= 4 is 32.9 Å². The number of halogens is 6. The van der Waals surface area contributed by atoms with Gasteiger partial charge in [-0.2, -0.15) is 17.6 Å². The molecule has 0 spiro atoms. The van der Waals surface area contributed by atoms with Crippen LogP contribution in [-0.4, -0.2) is 26.6 Å². The Morgan fingerprint density at radius 2 is 1.82 bits per heavy atom. The highest BCUT2D eigenvalue weighted by atomic mass is 35.5. The molecule has 0 bridgehead atoms. The van der Waals surface area contributed by atoms with Gasteiger partial charge in [-0.1, -0.05) is 17.7 Å². The van der Waals surface area contributed by atoms with E-state index >= 15 is 0 Å². The molecule has 180 valence electrons. The van der Waals surface area contributed by atoms with Crippen LogP contribution in [0.25, 0.3) is 0 Å². The molecule has 0 aliphatic carbocycles. The van der Waals surface area contributed by atoms with Gasteiger partial charge in [0.15, 0.2) is 17.3 Å². The molecule has 1 aromatic heterocycles. The van der Waals surface area contributed by atoms with E-state index in [2.05, 4.69) is 15.5 Å². The minimum atomic E-state index is -4.98. The lowest BCUT2D eigenvalue weighted by molar-refractivity contribution is -0.142. The Morgan fingerprint density at radius 1 is 1.15 bits per heavy atom. The SMILES string of the molecule is Cc1c(C(F)(F)F)nnc(Oc2ccc(Cl)c(F)c2F)c1C(=O)Nc1cccc(S(C)(=N)=O)c1. The van der Waals surface area contributed by atoms with E-state index in [1.54, 1.807) is 0 Å². The molecule has 7 nitrogen and oxygen atoms in total. The number of nitrogens with zero attached hydrogens (tertiary/aromatic N) is 2. The van der Waals surface area contributed by atoms with Crippen molar-refractivity contribution < 1.29 is 35.7 Å². The number of nitrogens with one attached hydrogen (secondary N) is 2. The normalized spacial score (nSPS) is 13.3. The summed E-state index contributed by atoms with van der Waals surface area (Å²) in [7, 11) is -3.16. The van der Waals surface area contributed by atoms with E-state index in [4.69, 9.17) is 21.1 Å². The van der Waals surface area contributed by atoms with Crippen LogP contribution >= 0.6 is 11.6 Å². The van der Waals surface area contributed by atoms with Gasteiger partial charge in [-0.15, -0.1) is 10.2 Å². The molecule has 0 fully saturated rings. The number of carbonyl (C=O) groups excluding carboxylic acids is 1. The van der Waals surface area contributed by atoms with E-state index in [1.165, 1.54) is 24.3 Å². The average molecular weight is 521 g/mol. The van der Waals surface area contributed by atoms with Crippen LogP contribution in [0.1, 0.15) is 21.6 Å². The molecule has 3 rings (SSSR count). The van der Waals surface area contributed by atoms with Crippen LogP contribution in [0, 0.1) is 23.3 Å². The topological polar surface area (TPSA) is 105 Å². The Kier molecular flexibility index (Phi) is 6.80. The molecule has 14 heteroatoms. The second kappa shape index (κ2) is 9.14. The molecular formula is C20H14ClF5N4O3S. The first-order chi connectivity index (χ1) is 15.7. The van der Waals surface area contributed by atoms with Crippen molar-refractivity contribution in [3.8, 4) is 11.6 Å². The van der Waals surface area contributed by atoms with Gasteiger partial charge < -0.3 is 10.1 Å². The molecule has 3 aromatic rings. The maximum absolute atomic E-state index is 14.2. The van der Waals surface area contributed by atoms with E-state index in [1.807, 2.05) is 0 Å². The molecule has 0 radical (unpaired) electrons. The number of hydrogen-bond acceptors (Lipinski definition) is 6. The van der Waals surface area contributed by atoms with Crippen molar-refractivity contribution in [3.63, 3.8) is 0 Å². The lowest BCUT2D eigenvalue weighted by Gasteiger charge is -2.16. The molecule has 1 amide bonds. The van der Waals surface area contributed by atoms with E-state index in [-0.39, 0.29) is 10.6 Å². The standard InChI is InChI=1S/C20H14ClF5N4O3S/c1-9-14(18(31)28-10-4-3-5-11(8-10)34(2,27)32)19(30-29-17(9)20(24,25)26)33-13-7-6-12(21)15(22)16(13)23/h3-8,27H,1-2H3,(H,28,31). The zero-order valence-corrected chi connectivity index (χ0v) is 18.8. The second-order valence-corrected chi connectivity index (χ2v) is 9.52. The zero-order chi connectivity index (χ0) is 25.4. The van der Waals surface area contributed by atoms with Crippen molar-refractivity contribution in [2.24, 2.45) is 0 Å². The summed E-state index contributed by atoms with van der Waals surface area (Å²) in [6.45, 7) is 0.928. The number of rotatable bonds is 5. The number of amides is 1. The first-order valence-corrected chi connectivity index (χ1v) is 11.5. The third-order valence-electron chi connectivity index (χ3n) is 4.43. The molecule has 2 aromatic carbocycles. The molecule has 0 saturated heterocycles. The highest BCUT2D eigenvalue weighted by Crippen LogP contribution is 2.36. The minimum absolute atomic E-state index is 0.00349. The third kappa shape index (κ3) is 5.25. The van der Waals surface area contributed by atoms with Crippen LogP contribution in [0.15, 0.2) is 41.3 Å². The predicted molar refractivity (Wildman–Crippen MR) is 113 cm³/mol. The minimum Gasteiger partial charge on any atom is -0.434 e. The number of alkyl halides is 3. The van der Waals surface area contributed by atoms with Crippen LogP contribution in [0.3, 0.4) is 0 Å². The maximum Gasteiger partial charge on any atom is 0.435 e. The summed E-state index contributed by atoms with van der Waals surface area (Å²) in [6, 6.07) is 7.14. The van der Waals surface area contributed by atoms with Gasteiger partial charge in [-0.05, 0) is 42.8 Å². The van der Waals surface area contributed by atoms with Crippen molar-refractivity contribution in [2.45, 2.75) is 18.0 Å². The zero-order valence-electron chi connectivity index (χ0n) is 17.3. The predicted octanol–water partition coefficient (Wildman–Crippen LogP) is 5.82. The first-order valence-electron chi connectivity index (χ1n) is 9.11. The van der Waals surface area contributed by atoms with Crippen LogP contribution in [0.2, 0.25) is 5.02 Å². The van der Waals surface area contributed by atoms with Crippen LogP contribution in [-0.2, 0) is 15.9 Å². The Morgan fingerprint density at radius 3 is 2.44 bits per heavy atom. The van der Waals surface area contributed by atoms with E-state index < -0.39 is 66.9 Å². The van der Waals surface area contributed by atoms with Crippen molar-refractivity contribution in [3.05, 3.63) is 69.9 Å². The van der Waals surface area contributed by atoms with Crippen LogP contribution < -0.4 is 10.1 Å². The number of ether oxygens (including phenoxy) is 1. The summed E-state index contributed by atoms with van der Waals surface area (Å²) in [5.41, 5.74) is -2.95. The Balaban J connectivity index is 2.10. The summed E-state index contributed by atoms with van der Waals surface area (Å²) in [5.74, 6) is -5.82. The molecule has 2 N–H and O–H groups in total. The molecule has 0 aliphatic heterocycles. The number of benzene rings is 2. The van der Waals surface area contributed by atoms with Crippen molar-refractivity contribution in [1.29, 1.82) is 4.78 Å². The molecular weight excluding hydrogens is 507 g/mol. The first kappa shape index (κ1) is 25.3. The lowest BCUT2D eigenvalue weighted by atomic mass is 10.1. The van der Waals surface area contributed by atoms with Gasteiger partial charge >= 0.3 is 6.18 Å². The summed E-state index contributed by atoms with van der Waals surface area (Å²) in [6.07, 6.45) is -3.84. The molecule has 1 heterocycles. The smallest absolute Gasteiger partial charge is 0.434 e. The Hall–Kier alpha value is -3.32. The van der Waals surface area contributed by atoms with E-state index in [0.717, 1.165) is 25.3 Å². The summed E-state index contributed by atoms with van der Waals surface area (Å²) in [5, 5.41) is 8.02.